The summed E-state index contributed by atoms with van der Waals surface area (Å²) in [4.78, 5) is 36.4. The van der Waals surface area contributed by atoms with Crippen LogP contribution < -0.4 is 11.1 Å². The molecule has 0 aliphatic rings. The Morgan fingerprint density at radius 1 is 1.31 bits per heavy atom. The van der Waals surface area contributed by atoms with Crippen molar-refractivity contribution in [3.8, 4) is 0 Å². The Morgan fingerprint density at radius 2 is 1.88 bits per heavy atom. The summed E-state index contributed by atoms with van der Waals surface area (Å²) < 4.78 is 38.2. The smallest absolute Gasteiger partial charge is 0.316 e. The standard InChI is InChI=1S/C14H17FN3O7P/c1-4-24-26(23,25-5-2)8(3)17-12-6-9(15)11(18(21)22)7-10(12)16-13(19)14(17)20/h6-8H,4-5H2,1-3H3,(H,16,19). The quantitative estimate of drug-likeness (QED) is 0.333. The van der Waals surface area contributed by atoms with Crippen LogP contribution in [0.3, 0.4) is 0 Å². The summed E-state index contributed by atoms with van der Waals surface area (Å²) in [5.74, 6) is -2.47. The number of aromatic amines is 1. The molecule has 1 heterocycles. The lowest BCUT2D eigenvalue weighted by atomic mass is 10.2. The van der Waals surface area contributed by atoms with E-state index in [4.69, 9.17) is 9.05 Å². The molecule has 1 aromatic heterocycles. The predicted octanol–water partition coefficient (Wildman–Crippen LogP) is 2.52. The number of hydrogen-bond acceptors (Lipinski definition) is 7. The number of fused-ring (bicyclic) bond motifs is 1. The monoisotopic (exact) mass is 389 g/mol. The van der Waals surface area contributed by atoms with Crippen LogP contribution in [0.25, 0.3) is 11.0 Å². The number of nitro groups is 1. The van der Waals surface area contributed by atoms with Gasteiger partial charge in [-0.25, -0.2) is 0 Å². The molecule has 0 bridgehead atoms. The van der Waals surface area contributed by atoms with E-state index in [-0.39, 0.29) is 24.2 Å². The highest BCUT2D eigenvalue weighted by molar-refractivity contribution is 7.53. The highest BCUT2D eigenvalue weighted by Gasteiger charge is 2.35. The summed E-state index contributed by atoms with van der Waals surface area (Å²) in [6.45, 7) is 4.49. The normalized spacial score (nSPS) is 13.1. The number of hydrogen-bond donors (Lipinski definition) is 1. The Bertz CT molecular complexity index is 1010. The maximum Gasteiger partial charge on any atom is 0.353 e. The van der Waals surface area contributed by atoms with Gasteiger partial charge in [0.25, 0.3) is 0 Å². The van der Waals surface area contributed by atoms with Gasteiger partial charge in [-0.05, 0) is 20.8 Å². The van der Waals surface area contributed by atoms with Crippen molar-refractivity contribution >= 4 is 24.3 Å². The maximum absolute atomic E-state index is 14.1. The summed E-state index contributed by atoms with van der Waals surface area (Å²) in [5, 5.41) is 10.9. The van der Waals surface area contributed by atoms with Crippen LogP contribution in [-0.2, 0) is 13.6 Å². The third kappa shape index (κ3) is 3.46. The molecular formula is C14H17FN3O7P. The first-order valence-corrected chi connectivity index (χ1v) is 9.28. The van der Waals surface area contributed by atoms with Gasteiger partial charge in [0, 0.05) is 12.1 Å². The number of nitro benzene ring substituents is 1. The molecule has 0 spiro atoms. The van der Waals surface area contributed by atoms with Crippen LogP contribution in [0.4, 0.5) is 10.1 Å². The molecule has 0 amide bonds. The van der Waals surface area contributed by atoms with E-state index < -0.39 is 40.9 Å². The molecule has 0 saturated carbocycles. The zero-order valence-electron chi connectivity index (χ0n) is 14.2. The number of nitrogens with zero attached hydrogens (tertiary/aromatic N) is 2. The summed E-state index contributed by atoms with van der Waals surface area (Å²) in [6, 6.07) is 1.52. The first kappa shape index (κ1) is 20.0. The largest absolute Gasteiger partial charge is 0.353 e. The molecule has 1 atom stereocenters. The third-order valence-electron chi connectivity index (χ3n) is 3.63. The van der Waals surface area contributed by atoms with Crippen LogP contribution in [0.15, 0.2) is 21.7 Å². The molecule has 0 fully saturated rings. The highest BCUT2D eigenvalue weighted by atomic mass is 31.2. The zero-order valence-corrected chi connectivity index (χ0v) is 15.1. The van der Waals surface area contributed by atoms with E-state index in [1.54, 1.807) is 13.8 Å². The Hall–Kier alpha value is -2.36. The fraction of sp³-hybridized carbons (Fsp3) is 0.429. The summed E-state index contributed by atoms with van der Waals surface area (Å²) in [7, 11) is -3.88. The molecule has 12 heteroatoms. The van der Waals surface area contributed by atoms with Gasteiger partial charge in [0.15, 0.2) is 0 Å². The average Bonchev–Trinajstić information content (AvgIpc) is 2.56. The maximum atomic E-state index is 14.1. The van der Waals surface area contributed by atoms with Crippen LogP contribution in [0.1, 0.15) is 26.6 Å². The van der Waals surface area contributed by atoms with E-state index in [1.807, 2.05) is 0 Å². The lowest BCUT2D eigenvalue weighted by molar-refractivity contribution is -0.387. The Balaban J connectivity index is 2.84. The second kappa shape index (κ2) is 7.48. The SMILES string of the molecule is CCOP(=O)(OCC)C(C)n1c(=O)c(=O)[nH]c2cc([N+](=O)[O-])c(F)cc21. The molecule has 0 aliphatic heterocycles. The second-order valence-corrected chi connectivity index (χ2v) is 7.56. The van der Waals surface area contributed by atoms with E-state index >= 15 is 0 Å². The highest BCUT2D eigenvalue weighted by Crippen LogP contribution is 2.58. The van der Waals surface area contributed by atoms with Gasteiger partial charge in [-0.1, -0.05) is 0 Å². The van der Waals surface area contributed by atoms with Gasteiger partial charge in [-0.15, -0.1) is 0 Å². The molecule has 1 unspecified atom stereocenters. The number of H-pyrrole nitrogens is 1. The number of halogens is 1. The summed E-state index contributed by atoms with van der Waals surface area (Å²) in [5.41, 5.74) is -3.43. The van der Waals surface area contributed by atoms with Crippen LogP contribution >= 0.6 is 7.60 Å². The lowest BCUT2D eigenvalue weighted by Crippen LogP contribution is -2.38. The van der Waals surface area contributed by atoms with E-state index in [1.165, 1.54) is 6.92 Å². The van der Waals surface area contributed by atoms with Gasteiger partial charge in [0.1, 0.15) is 5.78 Å². The van der Waals surface area contributed by atoms with Crippen molar-refractivity contribution in [3.63, 3.8) is 0 Å². The number of nitrogens with one attached hydrogen (secondary N) is 1. The van der Waals surface area contributed by atoms with E-state index in [0.29, 0.717) is 0 Å². The van der Waals surface area contributed by atoms with Crippen molar-refractivity contribution in [2.24, 2.45) is 0 Å². The van der Waals surface area contributed by atoms with Crippen LogP contribution in [0.2, 0.25) is 0 Å². The van der Waals surface area contributed by atoms with Crippen LogP contribution in [-0.4, -0.2) is 27.7 Å². The Labute approximate surface area is 146 Å². The van der Waals surface area contributed by atoms with E-state index in [0.717, 1.165) is 16.7 Å². The molecule has 142 valence electrons. The first-order valence-electron chi connectivity index (χ1n) is 7.67. The molecule has 0 saturated heterocycles. The second-order valence-electron chi connectivity index (χ2n) is 5.21. The molecule has 0 radical (unpaired) electrons. The van der Waals surface area contributed by atoms with E-state index in [9.17, 15) is 28.7 Å². The molecule has 26 heavy (non-hydrogen) atoms. The fourth-order valence-corrected chi connectivity index (χ4v) is 4.25. The summed E-state index contributed by atoms with van der Waals surface area (Å²) >= 11 is 0. The molecule has 2 aromatic rings. The lowest BCUT2D eigenvalue weighted by Gasteiger charge is -2.25. The topological polar surface area (TPSA) is 134 Å². The van der Waals surface area contributed by atoms with Crippen LogP contribution in [0.5, 0.6) is 0 Å². The van der Waals surface area contributed by atoms with Crippen molar-refractivity contribution < 1.29 is 22.9 Å². The Morgan fingerprint density at radius 3 is 2.38 bits per heavy atom. The Kier molecular flexibility index (Phi) is 5.74. The first-order chi connectivity index (χ1) is 12.2. The van der Waals surface area contributed by atoms with E-state index in [2.05, 4.69) is 4.98 Å². The molecule has 1 N–H and O–H groups in total. The van der Waals surface area contributed by atoms with Crippen molar-refractivity contribution in [1.29, 1.82) is 0 Å². The number of aromatic nitrogens is 2. The number of rotatable bonds is 7. The third-order valence-corrected chi connectivity index (χ3v) is 6.01. The molecular weight excluding hydrogens is 372 g/mol. The van der Waals surface area contributed by atoms with Crippen molar-refractivity contribution in [3.05, 3.63) is 48.8 Å². The van der Waals surface area contributed by atoms with Gasteiger partial charge in [0.05, 0.1) is 29.2 Å². The molecule has 0 aliphatic carbocycles. The predicted molar refractivity (Wildman–Crippen MR) is 91.0 cm³/mol. The number of benzene rings is 1. The molecule has 1 aromatic carbocycles. The van der Waals surface area contributed by atoms with Crippen molar-refractivity contribution in [2.75, 3.05) is 13.2 Å². The van der Waals surface area contributed by atoms with Gasteiger partial charge in [-0.3, -0.25) is 28.8 Å². The van der Waals surface area contributed by atoms with Gasteiger partial charge in [0.2, 0.25) is 5.82 Å². The molecule has 10 nitrogen and oxygen atoms in total. The van der Waals surface area contributed by atoms with Crippen molar-refractivity contribution in [1.82, 2.24) is 9.55 Å². The minimum absolute atomic E-state index is 0.0112. The fourth-order valence-electron chi connectivity index (χ4n) is 2.51. The minimum atomic E-state index is -3.88. The van der Waals surface area contributed by atoms with Crippen LogP contribution in [0, 0.1) is 15.9 Å². The average molecular weight is 389 g/mol. The van der Waals surface area contributed by atoms with Gasteiger partial charge >= 0.3 is 24.4 Å². The van der Waals surface area contributed by atoms with Gasteiger partial charge in [-0.2, -0.15) is 4.39 Å². The van der Waals surface area contributed by atoms with Gasteiger partial charge < -0.3 is 14.0 Å². The minimum Gasteiger partial charge on any atom is -0.316 e. The zero-order chi connectivity index (χ0) is 19.6. The van der Waals surface area contributed by atoms with Crippen molar-refractivity contribution in [2.45, 2.75) is 26.6 Å². The molecule has 2 rings (SSSR count). The summed E-state index contributed by atoms with van der Waals surface area (Å²) in [6.07, 6.45) is 0.